The fourth-order valence-electron chi connectivity index (χ4n) is 7.90. The number of hydrogen-bond donors (Lipinski definition) is 1. The van der Waals surface area contributed by atoms with Crippen LogP contribution in [-0.2, 0) is 4.43 Å². The zero-order valence-electron chi connectivity index (χ0n) is 22.6. The third-order valence-corrected chi connectivity index (χ3v) is 14.8. The Kier molecular flexibility index (Phi) is 6.96. The van der Waals surface area contributed by atoms with Crippen LogP contribution in [0, 0.1) is 28.6 Å². The van der Waals surface area contributed by atoms with Crippen molar-refractivity contribution in [3.05, 3.63) is 60.7 Å². The molecule has 2 aromatic carbocycles. The van der Waals surface area contributed by atoms with Crippen LogP contribution in [0.25, 0.3) is 0 Å². The van der Waals surface area contributed by atoms with Crippen molar-refractivity contribution in [1.29, 1.82) is 0 Å². The number of rotatable bonds is 5. The van der Waals surface area contributed by atoms with Crippen LogP contribution in [-0.4, -0.2) is 21.0 Å². The minimum Gasteiger partial charge on any atom is -0.407 e. The van der Waals surface area contributed by atoms with Crippen molar-refractivity contribution < 1.29 is 4.43 Å². The van der Waals surface area contributed by atoms with E-state index in [1.807, 2.05) is 0 Å². The molecule has 186 valence electrons. The fraction of sp³-hybridized carbons (Fsp3) is 0.613. The highest BCUT2D eigenvalue weighted by Crippen LogP contribution is 2.61. The molecule has 1 unspecified atom stereocenters. The molecule has 0 heterocycles. The van der Waals surface area contributed by atoms with E-state index in [1.165, 1.54) is 29.6 Å². The van der Waals surface area contributed by atoms with Gasteiger partial charge < -0.3 is 10.2 Å². The third-order valence-electron chi connectivity index (χ3n) is 9.84. The molecule has 2 nitrogen and oxygen atoms in total. The smallest absolute Gasteiger partial charge is 0.261 e. The average Bonchev–Trinajstić information content (AvgIpc) is 2.78. The van der Waals surface area contributed by atoms with Crippen LogP contribution in [0.1, 0.15) is 74.1 Å². The van der Waals surface area contributed by atoms with E-state index in [2.05, 4.69) is 109 Å². The maximum Gasteiger partial charge on any atom is 0.261 e. The molecular formula is C31H47NOSi. The highest BCUT2D eigenvalue weighted by atomic mass is 28.4. The number of nitrogens with two attached hydrogens (primary N) is 1. The Labute approximate surface area is 209 Å². The summed E-state index contributed by atoms with van der Waals surface area (Å²) in [5, 5.41) is 2.74. The molecule has 34 heavy (non-hydrogen) atoms. The summed E-state index contributed by atoms with van der Waals surface area (Å²) in [5.41, 5.74) is 7.49. The van der Waals surface area contributed by atoms with Gasteiger partial charge in [-0.15, -0.1) is 0 Å². The molecule has 0 spiro atoms. The summed E-state index contributed by atoms with van der Waals surface area (Å²) in [7, 11) is -2.55. The Morgan fingerprint density at radius 1 is 0.912 bits per heavy atom. The molecule has 2 N–H and O–H groups in total. The summed E-state index contributed by atoms with van der Waals surface area (Å²) in [6.45, 7) is 17.9. The summed E-state index contributed by atoms with van der Waals surface area (Å²) < 4.78 is 7.49. The minimum atomic E-state index is -2.55. The van der Waals surface area contributed by atoms with Crippen molar-refractivity contribution >= 4 is 18.7 Å². The van der Waals surface area contributed by atoms with Crippen LogP contribution in [0.2, 0.25) is 5.04 Å². The van der Waals surface area contributed by atoms with E-state index in [-0.39, 0.29) is 16.5 Å². The van der Waals surface area contributed by atoms with E-state index >= 15 is 0 Å². The van der Waals surface area contributed by atoms with Gasteiger partial charge in [0.15, 0.2) is 0 Å². The van der Waals surface area contributed by atoms with Crippen LogP contribution >= 0.6 is 0 Å². The van der Waals surface area contributed by atoms with E-state index in [1.54, 1.807) is 0 Å². The average molecular weight is 478 g/mol. The Balaban J connectivity index is 1.78. The first-order valence-corrected chi connectivity index (χ1v) is 15.3. The van der Waals surface area contributed by atoms with Crippen LogP contribution in [0.5, 0.6) is 0 Å². The van der Waals surface area contributed by atoms with Gasteiger partial charge in [0, 0.05) is 12.6 Å². The maximum absolute atomic E-state index is 7.49. The zero-order valence-corrected chi connectivity index (χ0v) is 23.6. The number of benzene rings is 2. The van der Waals surface area contributed by atoms with Gasteiger partial charge in [-0.2, -0.15) is 0 Å². The summed E-state index contributed by atoms with van der Waals surface area (Å²) in [6, 6.07) is 22.4. The van der Waals surface area contributed by atoms with Gasteiger partial charge in [-0.1, -0.05) is 116 Å². The molecule has 2 aliphatic rings. The standard InChI is InChI=1S/C31H47NOSi/c1-23-26(31(7)20-14-19-30(5,6)28(31)21-27(23)32)22-33-34(29(2,3)4,24-15-10-8-11-16-24)25-17-12-9-13-18-25/h8-13,15-18,23,26-28H,14,19-22,32H2,1-7H3/t23-,26-,27+,28?,31+/m0/s1. The minimum absolute atomic E-state index is 0.00185. The first kappa shape index (κ1) is 25.7. The van der Waals surface area contributed by atoms with Gasteiger partial charge in [0.2, 0.25) is 0 Å². The van der Waals surface area contributed by atoms with E-state index < -0.39 is 8.32 Å². The van der Waals surface area contributed by atoms with Crippen molar-refractivity contribution in [3.8, 4) is 0 Å². The van der Waals surface area contributed by atoms with Crippen LogP contribution in [0.4, 0.5) is 0 Å². The monoisotopic (exact) mass is 477 g/mol. The predicted molar refractivity (Wildman–Crippen MR) is 148 cm³/mol. The van der Waals surface area contributed by atoms with Gasteiger partial charge in [0.1, 0.15) is 0 Å². The molecule has 0 bridgehead atoms. The quantitative estimate of drug-likeness (QED) is 0.507. The largest absolute Gasteiger partial charge is 0.407 e. The Morgan fingerprint density at radius 3 is 1.94 bits per heavy atom. The Hall–Kier alpha value is -1.42. The van der Waals surface area contributed by atoms with Crippen molar-refractivity contribution in [2.45, 2.75) is 85.2 Å². The molecule has 3 heteroatoms. The van der Waals surface area contributed by atoms with Crippen molar-refractivity contribution in [1.82, 2.24) is 0 Å². The Bertz CT molecular complexity index is 911. The van der Waals surface area contributed by atoms with Crippen molar-refractivity contribution in [2.75, 3.05) is 6.61 Å². The maximum atomic E-state index is 7.49. The summed E-state index contributed by atoms with van der Waals surface area (Å²) >= 11 is 0. The molecule has 5 atom stereocenters. The van der Waals surface area contributed by atoms with Gasteiger partial charge in [0.25, 0.3) is 8.32 Å². The SMILES string of the molecule is C[C@@H]1[C@H](N)CC2C(C)(C)CCC[C@]2(C)[C@H]1CO[Si](c1ccccc1)(c1ccccc1)C(C)(C)C. The van der Waals surface area contributed by atoms with E-state index in [0.29, 0.717) is 23.2 Å². The van der Waals surface area contributed by atoms with Gasteiger partial charge >= 0.3 is 0 Å². The van der Waals surface area contributed by atoms with Crippen LogP contribution in [0.15, 0.2) is 60.7 Å². The fourth-order valence-corrected chi connectivity index (χ4v) is 12.5. The van der Waals surface area contributed by atoms with Crippen molar-refractivity contribution in [2.24, 2.45) is 34.3 Å². The second-order valence-electron chi connectivity index (χ2n) is 13.2. The molecule has 2 aromatic rings. The molecule has 0 amide bonds. The molecule has 2 saturated carbocycles. The second kappa shape index (κ2) is 9.22. The van der Waals surface area contributed by atoms with E-state index in [0.717, 1.165) is 13.0 Å². The number of hydrogen-bond acceptors (Lipinski definition) is 2. The van der Waals surface area contributed by atoms with Crippen molar-refractivity contribution in [3.63, 3.8) is 0 Å². The first-order valence-electron chi connectivity index (χ1n) is 13.4. The van der Waals surface area contributed by atoms with Crippen LogP contribution < -0.4 is 16.1 Å². The molecule has 2 aliphatic carbocycles. The van der Waals surface area contributed by atoms with Gasteiger partial charge in [-0.05, 0) is 63.3 Å². The first-order chi connectivity index (χ1) is 15.9. The molecule has 0 aromatic heterocycles. The highest BCUT2D eigenvalue weighted by Gasteiger charge is 2.57. The lowest BCUT2D eigenvalue weighted by Crippen LogP contribution is -2.68. The highest BCUT2D eigenvalue weighted by molar-refractivity contribution is 6.99. The predicted octanol–water partition coefficient (Wildman–Crippen LogP) is 6.38. The molecule has 0 saturated heterocycles. The van der Waals surface area contributed by atoms with Crippen LogP contribution in [0.3, 0.4) is 0 Å². The van der Waals surface area contributed by atoms with E-state index in [9.17, 15) is 0 Å². The van der Waals surface area contributed by atoms with E-state index in [4.69, 9.17) is 10.2 Å². The molecule has 0 aliphatic heterocycles. The lowest BCUT2D eigenvalue weighted by atomic mass is 9.46. The summed E-state index contributed by atoms with van der Waals surface area (Å²) in [5.74, 6) is 1.60. The molecular weight excluding hydrogens is 430 g/mol. The Morgan fingerprint density at radius 2 is 1.44 bits per heavy atom. The second-order valence-corrected chi connectivity index (χ2v) is 17.5. The number of fused-ring (bicyclic) bond motifs is 1. The third kappa shape index (κ3) is 4.22. The summed E-state index contributed by atoms with van der Waals surface area (Å²) in [6.07, 6.45) is 5.08. The lowest BCUT2D eigenvalue weighted by Gasteiger charge is -2.61. The molecule has 4 rings (SSSR count). The van der Waals surface area contributed by atoms with Gasteiger partial charge in [-0.3, -0.25) is 0 Å². The zero-order chi connectivity index (χ0) is 24.8. The summed E-state index contributed by atoms with van der Waals surface area (Å²) in [4.78, 5) is 0. The van der Waals surface area contributed by atoms with Gasteiger partial charge in [0.05, 0.1) is 0 Å². The molecule has 2 fully saturated rings. The topological polar surface area (TPSA) is 35.2 Å². The van der Waals surface area contributed by atoms with Gasteiger partial charge in [-0.25, -0.2) is 0 Å². The molecule has 0 radical (unpaired) electrons. The lowest BCUT2D eigenvalue weighted by molar-refractivity contribution is -0.113. The normalized spacial score (nSPS) is 31.6.